The lowest BCUT2D eigenvalue weighted by Crippen LogP contribution is -2.46. The van der Waals surface area contributed by atoms with Crippen LogP contribution in [0.15, 0.2) is 52.8 Å². The summed E-state index contributed by atoms with van der Waals surface area (Å²) in [5.74, 6) is 1.35. The molecule has 0 aliphatic carbocycles. The summed E-state index contributed by atoms with van der Waals surface area (Å²) in [5, 5.41) is 11.5. The van der Waals surface area contributed by atoms with Gasteiger partial charge in [0.1, 0.15) is 0 Å². The van der Waals surface area contributed by atoms with Crippen LogP contribution >= 0.6 is 35.3 Å². The summed E-state index contributed by atoms with van der Waals surface area (Å²) in [5.41, 5.74) is 0.791. The van der Waals surface area contributed by atoms with Gasteiger partial charge in [0.2, 0.25) is 5.91 Å². The van der Waals surface area contributed by atoms with Gasteiger partial charge in [-0.15, -0.1) is 35.3 Å². The zero-order valence-electron chi connectivity index (χ0n) is 17.6. The molecule has 2 aromatic rings. The van der Waals surface area contributed by atoms with Gasteiger partial charge in [-0.3, -0.25) is 14.7 Å². The molecule has 2 heterocycles. The first kappa shape index (κ1) is 24.6. The Morgan fingerprint density at radius 2 is 1.90 bits per heavy atom. The number of anilines is 1. The predicted octanol–water partition coefficient (Wildman–Crippen LogP) is 3.94. The number of carbonyl (C=O) groups is 1. The van der Waals surface area contributed by atoms with Crippen LogP contribution in [0.1, 0.15) is 30.7 Å². The Labute approximate surface area is 200 Å². The average molecular weight is 542 g/mol. The summed E-state index contributed by atoms with van der Waals surface area (Å²) in [6, 6.07) is 14.1. The molecule has 1 amide bonds. The summed E-state index contributed by atoms with van der Waals surface area (Å²) < 4.78 is 0. The lowest BCUT2D eigenvalue weighted by molar-refractivity contribution is -0.115. The molecular weight excluding hydrogens is 509 g/mol. The molecule has 164 valence electrons. The number of carbonyl (C=O) groups excluding carboxylic acids is 1. The molecule has 0 radical (unpaired) electrons. The van der Waals surface area contributed by atoms with Crippen molar-refractivity contribution in [3.8, 4) is 0 Å². The number of rotatable bonds is 7. The molecule has 1 aromatic heterocycles. The Balaban J connectivity index is 0.00000320. The van der Waals surface area contributed by atoms with E-state index in [2.05, 4.69) is 50.3 Å². The summed E-state index contributed by atoms with van der Waals surface area (Å²) in [6.45, 7) is 5.50. The van der Waals surface area contributed by atoms with Crippen LogP contribution < -0.4 is 16.0 Å². The lowest BCUT2D eigenvalue weighted by Gasteiger charge is -2.36. The van der Waals surface area contributed by atoms with Crippen molar-refractivity contribution in [2.45, 2.75) is 25.8 Å². The first-order valence-corrected chi connectivity index (χ1v) is 11.1. The molecule has 1 fully saturated rings. The topological polar surface area (TPSA) is 68.8 Å². The Morgan fingerprint density at radius 1 is 1.17 bits per heavy atom. The van der Waals surface area contributed by atoms with Crippen molar-refractivity contribution in [3.05, 3.63) is 52.7 Å². The minimum Gasteiger partial charge on any atom is -0.354 e. The van der Waals surface area contributed by atoms with Crippen LogP contribution in [0.25, 0.3) is 0 Å². The van der Waals surface area contributed by atoms with E-state index in [1.807, 2.05) is 30.3 Å². The number of likely N-dealkylation sites (tertiary alicyclic amines) is 1. The van der Waals surface area contributed by atoms with E-state index in [4.69, 9.17) is 0 Å². The van der Waals surface area contributed by atoms with Crippen molar-refractivity contribution in [3.63, 3.8) is 0 Å². The second-order valence-electron chi connectivity index (χ2n) is 7.47. The molecule has 1 unspecified atom stereocenters. The molecule has 3 rings (SSSR count). The van der Waals surface area contributed by atoms with Gasteiger partial charge in [0.15, 0.2) is 5.96 Å². The maximum atomic E-state index is 12.2. The highest BCUT2D eigenvalue weighted by atomic mass is 127. The fourth-order valence-electron chi connectivity index (χ4n) is 3.54. The average Bonchev–Trinajstić information content (AvgIpc) is 3.27. The zero-order valence-corrected chi connectivity index (χ0v) is 20.8. The molecule has 1 saturated heterocycles. The summed E-state index contributed by atoms with van der Waals surface area (Å²) in [7, 11) is 1.73. The number of para-hydroxylation sites is 1. The lowest BCUT2D eigenvalue weighted by atomic mass is 9.97. The molecule has 0 saturated carbocycles. The first-order chi connectivity index (χ1) is 14.2. The zero-order chi connectivity index (χ0) is 20.5. The third-order valence-electron chi connectivity index (χ3n) is 5.29. The number of hydrogen-bond donors (Lipinski definition) is 3. The number of aliphatic imine (C=N–C) groups is 1. The third-order valence-corrected chi connectivity index (χ3v) is 6.26. The Bertz CT molecular complexity index is 776. The molecule has 1 aromatic carbocycles. The molecule has 8 heteroatoms. The largest absolute Gasteiger partial charge is 0.354 e. The molecule has 1 aliphatic rings. The van der Waals surface area contributed by atoms with Crippen molar-refractivity contribution >= 4 is 52.9 Å². The maximum Gasteiger partial charge on any atom is 0.243 e. The summed E-state index contributed by atoms with van der Waals surface area (Å²) in [6.07, 6.45) is 2.49. The number of benzene rings is 1. The summed E-state index contributed by atoms with van der Waals surface area (Å²) in [4.78, 5) is 20.4. The third kappa shape index (κ3) is 7.55. The Hall–Kier alpha value is -1.65. The van der Waals surface area contributed by atoms with Crippen LogP contribution in [0.2, 0.25) is 0 Å². The molecule has 1 aliphatic heterocycles. The van der Waals surface area contributed by atoms with E-state index in [1.165, 1.54) is 17.7 Å². The van der Waals surface area contributed by atoms with E-state index >= 15 is 0 Å². The SMILES string of the molecule is CN=C(NCC(=O)Nc1ccccc1)NCC(c1cccs1)N1CCC(C)CC1.I. The van der Waals surface area contributed by atoms with Crippen molar-refractivity contribution in [1.29, 1.82) is 0 Å². The predicted molar refractivity (Wildman–Crippen MR) is 137 cm³/mol. The maximum absolute atomic E-state index is 12.2. The molecule has 3 N–H and O–H groups in total. The summed E-state index contributed by atoms with van der Waals surface area (Å²) >= 11 is 1.80. The molecule has 1 atom stereocenters. The van der Waals surface area contributed by atoms with Gasteiger partial charge in [0.25, 0.3) is 0 Å². The van der Waals surface area contributed by atoms with Gasteiger partial charge in [-0.1, -0.05) is 31.2 Å². The highest BCUT2D eigenvalue weighted by Gasteiger charge is 2.25. The standard InChI is InChI=1S/C22H31N5OS.HI/c1-17-10-12-27(13-11-17)19(20-9-6-14-29-20)15-24-22(23-2)25-16-21(28)26-18-7-4-3-5-8-18;/h3-9,14,17,19H,10-13,15-16H2,1-2H3,(H,26,28)(H2,23,24,25);1H. The van der Waals surface area contributed by atoms with E-state index in [1.54, 1.807) is 18.4 Å². The van der Waals surface area contributed by atoms with Gasteiger partial charge in [0, 0.05) is 24.2 Å². The van der Waals surface area contributed by atoms with Crippen LogP contribution in [0, 0.1) is 5.92 Å². The Kier molecular flexibility index (Phi) is 10.6. The second-order valence-corrected chi connectivity index (χ2v) is 8.45. The van der Waals surface area contributed by atoms with Gasteiger partial charge in [-0.2, -0.15) is 0 Å². The normalized spacial score (nSPS) is 16.4. The van der Waals surface area contributed by atoms with E-state index in [-0.39, 0.29) is 36.4 Å². The van der Waals surface area contributed by atoms with Gasteiger partial charge < -0.3 is 16.0 Å². The van der Waals surface area contributed by atoms with Crippen molar-refractivity contribution in [2.75, 3.05) is 38.5 Å². The molecule has 0 bridgehead atoms. The minimum absolute atomic E-state index is 0. The van der Waals surface area contributed by atoms with E-state index in [0.717, 1.165) is 31.2 Å². The van der Waals surface area contributed by atoms with Crippen LogP contribution in [0.4, 0.5) is 5.69 Å². The van der Waals surface area contributed by atoms with Gasteiger partial charge in [-0.25, -0.2) is 0 Å². The molecule has 0 spiro atoms. The van der Waals surface area contributed by atoms with Gasteiger partial charge in [0.05, 0.1) is 12.6 Å². The van der Waals surface area contributed by atoms with Crippen LogP contribution in [-0.4, -0.2) is 50.0 Å². The quantitative estimate of drug-likeness (QED) is 0.282. The number of guanidine groups is 1. The van der Waals surface area contributed by atoms with Crippen LogP contribution in [0.5, 0.6) is 0 Å². The van der Waals surface area contributed by atoms with Crippen molar-refractivity contribution in [2.24, 2.45) is 10.9 Å². The van der Waals surface area contributed by atoms with E-state index in [0.29, 0.717) is 12.0 Å². The number of hydrogen-bond acceptors (Lipinski definition) is 4. The second kappa shape index (κ2) is 12.9. The van der Waals surface area contributed by atoms with Crippen LogP contribution in [-0.2, 0) is 4.79 Å². The minimum atomic E-state index is -0.0982. The first-order valence-electron chi connectivity index (χ1n) is 10.2. The molecule has 6 nitrogen and oxygen atoms in total. The highest BCUT2D eigenvalue weighted by molar-refractivity contribution is 14.0. The van der Waals surface area contributed by atoms with E-state index < -0.39 is 0 Å². The monoisotopic (exact) mass is 541 g/mol. The van der Waals surface area contributed by atoms with Crippen molar-refractivity contribution in [1.82, 2.24) is 15.5 Å². The van der Waals surface area contributed by atoms with Crippen molar-refractivity contribution < 1.29 is 4.79 Å². The number of piperidine rings is 1. The highest BCUT2D eigenvalue weighted by Crippen LogP contribution is 2.29. The Morgan fingerprint density at radius 3 is 2.53 bits per heavy atom. The smallest absolute Gasteiger partial charge is 0.243 e. The van der Waals surface area contributed by atoms with Gasteiger partial charge >= 0.3 is 0 Å². The van der Waals surface area contributed by atoms with Crippen LogP contribution in [0.3, 0.4) is 0 Å². The number of nitrogens with one attached hydrogen (secondary N) is 3. The fraction of sp³-hybridized carbons (Fsp3) is 0.455. The molecular formula is C22H32IN5OS. The number of halogens is 1. The van der Waals surface area contributed by atoms with Gasteiger partial charge in [-0.05, 0) is 55.4 Å². The number of amides is 1. The number of nitrogens with zero attached hydrogens (tertiary/aromatic N) is 2. The number of thiophene rings is 1. The molecule has 30 heavy (non-hydrogen) atoms. The fourth-order valence-corrected chi connectivity index (χ4v) is 4.40. The van der Waals surface area contributed by atoms with E-state index in [9.17, 15) is 4.79 Å².